The molecule has 1 unspecified atom stereocenters. The van der Waals surface area contributed by atoms with Crippen molar-refractivity contribution in [2.75, 3.05) is 19.0 Å². The summed E-state index contributed by atoms with van der Waals surface area (Å²) in [5.74, 6) is 1.06. The molecule has 0 aliphatic rings. The molecule has 0 radical (unpaired) electrons. The van der Waals surface area contributed by atoms with E-state index >= 15 is 0 Å². The number of aryl methyl sites for hydroxylation is 1. The predicted octanol–water partition coefficient (Wildman–Crippen LogP) is 6.86. The number of rotatable bonds is 5. The number of nitrogens with zero attached hydrogens (tertiary/aromatic N) is 3. The van der Waals surface area contributed by atoms with Gasteiger partial charge in [-0.25, -0.2) is 4.98 Å². The van der Waals surface area contributed by atoms with Gasteiger partial charge in [-0.1, -0.05) is 76.9 Å². The second kappa shape index (κ2) is 9.00. The third-order valence-corrected chi connectivity index (χ3v) is 6.70. The fourth-order valence-electron chi connectivity index (χ4n) is 4.30. The molecule has 5 nitrogen and oxygen atoms in total. The Labute approximate surface area is 213 Å². The summed E-state index contributed by atoms with van der Waals surface area (Å²) in [5, 5.41) is 18.0. The van der Waals surface area contributed by atoms with Crippen molar-refractivity contribution in [1.82, 2.24) is 10.1 Å². The monoisotopic (exact) mass is 503 g/mol. The predicted molar refractivity (Wildman–Crippen MR) is 141 cm³/mol. The van der Waals surface area contributed by atoms with E-state index in [2.05, 4.69) is 5.16 Å². The smallest absolute Gasteiger partial charge is 0.177 e. The number of hydrogen-bond donors (Lipinski definition) is 1. The van der Waals surface area contributed by atoms with Gasteiger partial charge in [0.25, 0.3) is 0 Å². The van der Waals surface area contributed by atoms with Gasteiger partial charge >= 0.3 is 0 Å². The van der Waals surface area contributed by atoms with Gasteiger partial charge in [-0.2, -0.15) is 0 Å². The molecule has 0 fully saturated rings. The van der Waals surface area contributed by atoms with Crippen molar-refractivity contribution in [3.05, 3.63) is 111 Å². The van der Waals surface area contributed by atoms with Gasteiger partial charge in [0.1, 0.15) is 5.82 Å². The highest BCUT2D eigenvalue weighted by molar-refractivity contribution is 6.39. The van der Waals surface area contributed by atoms with Crippen LogP contribution in [0.5, 0.6) is 0 Å². The Hall–Kier alpha value is -3.38. The summed E-state index contributed by atoms with van der Waals surface area (Å²) in [6.07, 6.45) is 0. The van der Waals surface area contributed by atoms with E-state index in [0.29, 0.717) is 38.1 Å². The van der Waals surface area contributed by atoms with Gasteiger partial charge < -0.3 is 14.5 Å². The average Bonchev–Trinajstić information content (AvgIpc) is 3.31. The highest BCUT2D eigenvalue weighted by Gasteiger charge is 2.38. The molecule has 176 valence electrons. The van der Waals surface area contributed by atoms with E-state index in [1.54, 1.807) is 30.3 Å². The minimum absolute atomic E-state index is 0.300. The van der Waals surface area contributed by atoms with E-state index in [9.17, 15) is 5.11 Å². The molecule has 7 heteroatoms. The van der Waals surface area contributed by atoms with E-state index in [4.69, 9.17) is 32.7 Å². The molecular formula is C28H23Cl2N3O2. The van der Waals surface area contributed by atoms with Gasteiger partial charge in [0.05, 0.1) is 16.2 Å². The largest absolute Gasteiger partial charge is 0.373 e. The minimum atomic E-state index is -1.61. The highest BCUT2D eigenvalue weighted by atomic mass is 35.5. The SMILES string of the molecule is Cc1cc(C(O)(c2ccc(Cl)cc2)c2ccc3nc(N(C)C)c(-c4ccccc4)c(Cl)c3c2)on1. The van der Waals surface area contributed by atoms with Crippen LogP contribution in [0.15, 0.2) is 83.4 Å². The second-order valence-electron chi connectivity index (χ2n) is 8.67. The van der Waals surface area contributed by atoms with E-state index in [1.165, 1.54) is 0 Å². The van der Waals surface area contributed by atoms with Crippen molar-refractivity contribution in [3.63, 3.8) is 0 Å². The molecule has 0 saturated heterocycles. The van der Waals surface area contributed by atoms with Crippen molar-refractivity contribution in [2.45, 2.75) is 12.5 Å². The van der Waals surface area contributed by atoms with Gasteiger partial charge in [0, 0.05) is 36.1 Å². The molecule has 5 aromatic rings. The van der Waals surface area contributed by atoms with Crippen LogP contribution >= 0.6 is 23.2 Å². The maximum Gasteiger partial charge on any atom is 0.177 e. The number of hydrogen-bond acceptors (Lipinski definition) is 5. The number of benzene rings is 3. The molecule has 0 bridgehead atoms. The quantitative estimate of drug-likeness (QED) is 0.284. The zero-order valence-electron chi connectivity index (χ0n) is 19.5. The van der Waals surface area contributed by atoms with Crippen LogP contribution in [0.3, 0.4) is 0 Å². The first-order valence-corrected chi connectivity index (χ1v) is 11.8. The Bertz CT molecular complexity index is 1520. The summed E-state index contributed by atoms with van der Waals surface area (Å²) < 4.78 is 5.57. The van der Waals surface area contributed by atoms with Crippen molar-refractivity contribution in [2.24, 2.45) is 0 Å². The summed E-state index contributed by atoms with van der Waals surface area (Å²) in [7, 11) is 3.88. The molecule has 1 N–H and O–H groups in total. The minimum Gasteiger partial charge on any atom is -0.373 e. The van der Waals surface area contributed by atoms with Crippen molar-refractivity contribution < 1.29 is 9.63 Å². The van der Waals surface area contributed by atoms with E-state index in [1.807, 2.05) is 74.4 Å². The maximum atomic E-state index is 12.2. The average molecular weight is 504 g/mol. The normalized spacial score (nSPS) is 13.1. The molecule has 0 aliphatic heterocycles. The summed E-state index contributed by atoms with van der Waals surface area (Å²) in [6, 6.07) is 24.2. The Balaban J connectivity index is 1.79. The number of aromatic nitrogens is 2. The summed E-state index contributed by atoms with van der Waals surface area (Å²) >= 11 is 13.2. The first kappa shape index (κ1) is 23.4. The van der Waals surface area contributed by atoms with E-state index < -0.39 is 5.60 Å². The topological polar surface area (TPSA) is 62.4 Å². The fourth-order valence-corrected chi connectivity index (χ4v) is 4.77. The lowest BCUT2D eigenvalue weighted by atomic mass is 9.83. The van der Waals surface area contributed by atoms with Gasteiger partial charge in [0.15, 0.2) is 11.4 Å². The summed E-state index contributed by atoms with van der Waals surface area (Å²) in [6.45, 7) is 1.81. The van der Waals surface area contributed by atoms with Crippen LogP contribution in [-0.2, 0) is 5.60 Å². The Morgan fingerprint density at radius 3 is 2.20 bits per heavy atom. The number of anilines is 1. The molecular weight excluding hydrogens is 481 g/mol. The van der Waals surface area contributed by atoms with Crippen LogP contribution in [0.1, 0.15) is 22.6 Å². The third-order valence-electron chi connectivity index (χ3n) is 6.05. The molecule has 0 saturated carbocycles. The van der Waals surface area contributed by atoms with Crippen LogP contribution in [0.2, 0.25) is 10.0 Å². The van der Waals surface area contributed by atoms with Gasteiger partial charge in [-0.05, 0) is 47.9 Å². The van der Waals surface area contributed by atoms with Crippen LogP contribution in [0.4, 0.5) is 5.82 Å². The summed E-state index contributed by atoms with van der Waals surface area (Å²) in [4.78, 5) is 6.85. The van der Waals surface area contributed by atoms with Crippen LogP contribution in [0.25, 0.3) is 22.0 Å². The Morgan fingerprint density at radius 2 is 1.57 bits per heavy atom. The fraction of sp³-hybridized carbons (Fsp3) is 0.143. The van der Waals surface area contributed by atoms with Crippen molar-refractivity contribution >= 4 is 39.9 Å². The van der Waals surface area contributed by atoms with Gasteiger partial charge in [0.2, 0.25) is 0 Å². The Morgan fingerprint density at radius 1 is 0.886 bits per heavy atom. The van der Waals surface area contributed by atoms with E-state index in [0.717, 1.165) is 22.3 Å². The maximum absolute atomic E-state index is 12.2. The molecule has 2 heterocycles. The van der Waals surface area contributed by atoms with Crippen molar-refractivity contribution in [1.29, 1.82) is 0 Å². The molecule has 3 aromatic carbocycles. The molecule has 35 heavy (non-hydrogen) atoms. The third kappa shape index (κ3) is 4.06. The lowest BCUT2D eigenvalue weighted by Crippen LogP contribution is -2.28. The molecule has 1 atom stereocenters. The molecule has 0 amide bonds. The first-order valence-electron chi connectivity index (χ1n) is 11.1. The number of pyridine rings is 1. The summed E-state index contributed by atoms with van der Waals surface area (Å²) in [5.41, 5.74) is 2.71. The number of aliphatic hydroxyl groups is 1. The molecule has 0 spiro atoms. The van der Waals surface area contributed by atoms with Crippen LogP contribution in [-0.4, -0.2) is 29.3 Å². The van der Waals surface area contributed by atoms with Crippen LogP contribution in [0, 0.1) is 6.92 Å². The van der Waals surface area contributed by atoms with Crippen molar-refractivity contribution in [3.8, 4) is 11.1 Å². The number of halogens is 2. The molecule has 5 rings (SSSR count). The second-order valence-corrected chi connectivity index (χ2v) is 9.48. The Kier molecular flexibility index (Phi) is 6.01. The van der Waals surface area contributed by atoms with Gasteiger partial charge in [-0.15, -0.1) is 0 Å². The molecule has 2 aromatic heterocycles. The van der Waals surface area contributed by atoms with Gasteiger partial charge in [-0.3, -0.25) is 0 Å². The zero-order valence-corrected chi connectivity index (χ0v) is 21.0. The number of fused-ring (bicyclic) bond motifs is 1. The molecule has 0 aliphatic carbocycles. The zero-order chi connectivity index (χ0) is 24.7. The lowest BCUT2D eigenvalue weighted by Gasteiger charge is -2.27. The van der Waals surface area contributed by atoms with E-state index in [-0.39, 0.29) is 0 Å². The highest BCUT2D eigenvalue weighted by Crippen LogP contribution is 2.43. The standard InChI is InChI=1S/C28H23Cl2N3O2/c1-17-15-24(35-32-17)28(34,19-9-12-21(29)13-10-19)20-11-14-23-22(16-20)26(30)25(27(31-23)33(2)3)18-7-5-4-6-8-18/h4-16,34H,1-3H3. The first-order chi connectivity index (χ1) is 16.8. The van der Waals surface area contributed by atoms with Crippen LogP contribution < -0.4 is 4.90 Å². The lowest BCUT2D eigenvalue weighted by molar-refractivity contribution is 0.0909.